The molecule has 0 spiro atoms. The molecule has 21 heavy (non-hydrogen) atoms. The second kappa shape index (κ2) is 8.83. The van der Waals surface area contributed by atoms with Gasteiger partial charge in [0.1, 0.15) is 0 Å². The van der Waals surface area contributed by atoms with E-state index in [-0.39, 0.29) is 0 Å². The average Bonchev–Trinajstić information content (AvgIpc) is 2.51. The zero-order valence-electron chi connectivity index (χ0n) is 11.1. The number of halogens is 4. The first-order chi connectivity index (χ1) is 10.1. The lowest BCUT2D eigenvalue weighted by molar-refractivity contribution is 1.06. The molecule has 0 fully saturated rings. The number of benzene rings is 2. The molecule has 0 saturated carbocycles. The van der Waals surface area contributed by atoms with Crippen LogP contribution >= 0.6 is 66.8 Å². The second-order valence-corrected chi connectivity index (χ2v) is 8.10. The smallest absolute Gasteiger partial charge is 0.0406 e. The molecule has 0 nitrogen and oxygen atoms in total. The SMILES string of the molecule is Clc1ccc(C(CBr)SC(CBr)c2ccc(Cl)cc2)cc1. The van der Waals surface area contributed by atoms with E-state index in [0.29, 0.717) is 10.5 Å². The third-order valence-electron chi connectivity index (χ3n) is 3.09. The Labute approximate surface area is 156 Å². The normalized spacial score (nSPS) is 13.9. The first kappa shape index (κ1) is 17.7. The molecule has 0 aromatic heterocycles. The molecule has 2 atom stereocenters. The molecule has 0 N–H and O–H groups in total. The van der Waals surface area contributed by atoms with Crippen molar-refractivity contribution in [3.05, 3.63) is 69.7 Å². The minimum atomic E-state index is 0.375. The maximum absolute atomic E-state index is 5.96. The molecule has 0 heterocycles. The van der Waals surface area contributed by atoms with E-state index in [2.05, 4.69) is 56.1 Å². The predicted molar refractivity (Wildman–Crippen MR) is 104 cm³/mol. The monoisotopic (exact) mass is 466 g/mol. The molecule has 0 aliphatic carbocycles. The van der Waals surface area contributed by atoms with Gasteiger partial charge in [-0.1, -0.05) is 79.3 Å². The van der Waals surface area contributed by atoms with Gasteiger partial charge in [-0.2, -0.15) is 0 Å². The summed E-state index contributed by atoms with van der Waals surface area (Å²) in [5, 5.41) is 4.09. The van der Waals surface area contributed by atoms with Crippen LogP contribution in [0.3, 0.4) is 0 Å². The lowest BCUT2D eigenvalue weighted by atomic mass is 10.2. The quantitative estimate of drug-likeness (QED) is 0.401. The Kier molecular flexibility index (Phi) is 7.43. The minimum absolute atomic E-state index is 0.375. The summed E-state index contributed by atoms with van der Waals surface area (Å²) >= 11 is 21.1. The summed E-state index contributed by atoms with van der Waals surface area (Å²) in [6, 6.07) is 16.1. The summed E-state index contributed by atoms with van der Waals surface area (Å²) < 4.78 is 0. The first-order valence-electron chi connectivity index (χ1n) is 6.42. The molecule has 0 aliphatic rings. The van der Waals surface area contributed by atoms with Gasteiger partial charge in [0.2, 0.25) is 0 Å². The number of rotatable bonds is 6. The molecule has 5 heteroatoms. The van der Waals surface area contributed by atoms with Crippen LogP contribution in [-0.2, 0) is 0 Å². The maximum atomic E-state index is 5.96. The zero-order valence-corrected chi connectivity index (χ0v) is 16.6. The van der Waals surface area contributed by atoms with Crippen molar-refractivity contribution in [3.8, 4) is 0 Å². The number of hydrogen-bond acceptors (Lipinski definition) is 1. The average molecular weight is 469 g/mol. The molecule has 2 aromatic rings. The topological polar surface area (TPSA) is 0 Å². The fourth-order valence-corrected chi connectivity index (χ4v) is 5.05. The molecular weight excluding hydrogens is 455 g/mol. The Balaban J connectivity index is 2.15. The van der Waals surface area contributed by atoms with Crippen molar-refractivity contribution >= 4 is 66.8 Å². The second-order valence-electron chi connectivity index (χ2n) is 4.53. The molecule has 0 aliphatic heterocycles. The Morgan fingerprint density at radius 3 is 1.33 bits per heavy atom. The van der Waals surface area contributed by atoms with E-state index in [1.54, 1.807) is 0 Å². The molecule has 112 valence electrons. The van der Waals surface area contributed by atoms with E-state index in [1.165, 1.54) is 11.1 Å². The van der Waals surface area contributed by atoms with Gasteiger partial charge >= 0.3 is 0 Å². The molecule has 2 aromatic carbocycles. The Hall–Kier alpha value is 0.330. The highest BCUT2D eigenvalue weighted by molar-refractivity contribution is 9.09. The minimum Gasteiger partial charge on any atom is -0.144 e. The third-order valence-corrected chi connectivity index (χ3v) is 7.28. The molecule has 0 saturated heterocycles. The highest BCUT2D eigenvalue weighted by Crippen LogP contribution is 2.42. The predicted octanol–water partition coefficient (Wildman–Crippen LogP) is 7.30. The van der Waals surface area contributed by atoms with E-state index in [1.807, 2.05) is 36.0 Å². The van der Waals surface area contributed by atoms with E-state index >= 15 is 0 Å². The summed E-state index contributed by atoms with van der Waals surface area (Å²) in [5.74, 6) is 0. The van der Waals surface area contributed by atoms with Gasteiger partial charge in [-0.15, -0.1) is 11.8 Å². The number of alkyl halides is 2. The fraction of sp³-hybridized carbons (Fsp3) is 0.250. The van der Waals surface area contributed by atoms with Gasteiger partial charge < -0.3 is 0 Å². The van der Waals surface area contributed by atoms with E-state index in [9.17, 15) is 0 Å². The van der Waals surface area contributed by atoms with Crippen molar-refractivity contribution in [3.63, 3.8) is 0 Å². The largest absolute Gasteiger partial charge is 0.144 e. The van der Waals surface area contributed by atoms with Gasteiger partial charge in [0, 0.05) is 31.2 Å². The van der Waals surface area contributed by atoms with Gasteiger partial charge in [0.25, 0.3) is 0 Å². The van der Waals surface area contributed by atoms with Crippen molar-refractivity contribution in [1.29, 1.82) is 0 Å². The van der Waals surface area contributed by atoms with Crippen molar-refractivity contribution < 1.29 is 0 Å². The van der Waals surface area contributed by atoms with Crippen LogP contribution in [0.15, 0.2) is 48.5 Å². The molecule has 2 unspecified atom stereocenters. The van der Waals surface area contributed by atoms with Crippen molar-refractivity contribution in [1.82, 2.24) is 0 Å². The third kappa shape index (κ3) is 5.18. The van der Waals surface area contributed by atoms with Gasteiger partial charge in [0.15, 0.2) is 0 Å². The van der Waals surface area contributed by atoms with Gasteiger partial charge in [-0.25, -0.2) is 0 Å². The highest BCUT2D eigenvalue weighted by atomic mass is 79.9. The Morgan fingerprint density at radius 1 is 0.714 bits per heavy atom. The molecule has 2 rings (SSSR count). The Morgan fingerprint density at radius 2 is 1.05 bits per heavy atom. The van der Waals surface area contributed by atoms with Gasteiger partial charge in [-0.05, 0) is 35.4 Å². The number of hydrogen-bond donors (Lipinski definition) is 0. The van der Waals surface area contributed by atoms with E-state index in [4.69, 9.17) is 23.2 Å². The fourth-order valence-electron chi connectivity index (χ4n) is 1.96. The van der Waals surface area contributed by atoms with Crippen LogP contribution in [0.4, 0.5) is 0 Å². The summed E-state index contributed by atoms with van der Waals surface area (Å²) in [7, 11) is 0. The summed E-state index contributed by atoms with van der Waals surface area (Å²) in [6.45, 7) is 0. The van der Waals surface area contributed by atoms with Crippen LogP contribution in [0, 0.1) is 0 Å². The van der Waals surface area contributed by atoms with E-state index in [0.717, 1.165) is 20.7 Å². The van der Waals surface area contributed by atoms with Crippen LogP contribution in [0.5, 0.6) is 0 Å². The lowest BCUT2D eigenvalue weighted by Gasteiger charge is -2.21. The lowest BCUT2D eigenvalue weighted by Crippen LogP contribution is -2.02. The molecule has 0 bridgehead atoms. The summed E-state index contributed by atoms with van der Waals surface area (Å²) in [6.07, 6.45) is 0. The van der Waals surface area contributed by atoms with E-state index < -0.39 is 0 Å². The zero-order chi connectivity index (χ0) is 15.2. The van der Waals surface area contributed by atoms with Crippen LogP contribution in [0.25, 0.3) is 0 Å². The van der Waals surface area contributed by atoms with Crippen LogP contribution < -0.4 is 0 Å². The number of thioether (sulfide) groups is 1. The van der Waals surface area contributed by atoms with Gasteiger partial charge in [0.05, 0.1) is 0 Å². The van der Waals surface area contributed by atoms with Crippen molar-refractivity contribution in [2.45, 2.75) is 10.5 Å². The van der Waals surface area contributed by atoms with Crippen LogP contribution in [-0.4, -0.2) is 10.7 Å². The highest BCUT2D eigenvalue weighted by Gasteiger charge is 2.19. The summed E-state index contributed by atoms with van der Waals surface area (Å²) in [4.78, 5) is 0. The van der Waals surface area contributed by atoms with Crippen LogP contribution in [0.2, 0.25) is 10.0 Å². The standard InChI is InChI=1S/C16H14Br2Cl2S/c17-9-15(11-1-5-13(19)6-2-11)21-16(10-18)12-3-7-14(20)8-4-12/h1-8,15-16H,9-10H2. The summed E-state index contributed by atoms with van der Waals surface area (Å²) in [5.41, 5.74) is 2.56. The molecular formula is C16H14Br2Cl2S. The maximum Gasteiger partial charge on any atom is 0.0406 e. The Bertz CT molecular complexity index is 506. The van der Waals surface area contributed by atoms with Crippen molar-refractivity contribution in [2.75, 3.05) is 10.7 Å². The van der Waals surface area contributed by atoms with Gasteiger partial charge in [-0.3, -0.25) is 0 Å². The van der Waals surface area contributed by atoms with Crippen LogP contribution in [0.1, 0.15) is 21.6 Å². The molecule has 0 amide bonds. The molecule has 0 radical (unpaired) electrons. The first-order valence-corrected chi connectivity index (χ1v) is 10.4. The van der Waals surface area contributed by atoms with Crippen molar-refractivity contribution in [2.24, 2.45) is 0 Å².